The molecule has 1 rings (SSSR count). The number of hydrogen-bond acceptors (Lipinski definition) is 1. The second-order valence-electron chi connectivity index (χ2n) is 1.98. The average Bonchev–Trinajstić information content (AvgIpc) is 1.90. The van der Waals surface area contributed by atoms with Crippen molar-refractivity contribution in [3.05, 3.63) is 29.8 Å². The predicted molar refractivity (Wildman–Crippen MR) is 36.9 cm³/mol. The van der Waals surface area contributed by atoms with Crippen LogP contribution in [-0.4, -0.2) is 0 Å². The molecular formula is C7H8N2. The van der Waals surface area contributed by atoms with Crippen LogP contribution in [0, 0.1) is 6.92 Å². The SMILES string of the molecule is Cc1ccc(N[N])cc1. The van der Waals surface area contributed by atoms with Crippen LogP contribution in [-0.2, 0) is 0 Å². The minimum absolute atomic E-state index is 0.723. The van der Waals surface area contributed by atoms with Crippen LogP contribution < -0.4 is 11.3 Å². The van der Waals surface area contributed by atoms with E-state index in [0.717, 1.165) is 5.69 Å². The van der Waals surface area contributed by atoms with Gasteiger partial charge in [-0.1, -0.05) is 17.7 Å². The van der Waals surface area contributed by atoms with Crippen LogP contribution in [0.15, 0.2) is 24.3 Å². The van der Waals surface area contributed by atoms with Crippen molar-refractivity contribution in [1.29, 1.82) is 0 Å². The van der Waals surface area contributed by atoms with Gasteiger partial charge in [0, 0.05) is 0 Å². The van der Waals surface area contributed by atoms with Crippen molar-refractivity contribution in [2.24, 2.45) is 0 Å². The Labute approximate surface area is 54.7 Å². The smallest absolute Gasteiger partial charge is 0.0520 e. The Hall–Kier alpha value is -1.02. The molecule has 0 saturated carbocycles. The average molecular weight is 120 g/mol. The highest BCUT2D eigenvalue weighted by atomic mass is 15.2. The van der Waals surface area contributed by atoms with Gasteiger partial charge < -0.3 is 0 Å². The Morgan fingerprint density at radius 2 is 1.78 bits per heavy atom. The zero-order valence-electron chi connectivity index (χ0n) is 5.26. The molecule has 2 nitrogen and oxygen atoms in total. The lowest BCUT2D eigenvalue weighted by Crippen LogP contribution is -1.90. The van der Waals surface area contributed by atoms with Gasteiger partial charge in [-0.3, -0.25) is 5.43 Å². The summed E-state index contributed by atoms with van der Waals surface area (Å²) >= 11 is 0. The molecule has 0 unspecified atom stereocenters. The van der Waals surface area contributed by atoms with Gasteiger partial charge in [0.15, 0.2) is 0 Å². The first-order chi connectivity index (χ1) is 4.33. The number of hydrogen-bond donors (Lipinski definition) is 1. The largest absolute Gasteiger partial charge is 0.286 e. The zero-order valence-corrected chi connectivity index (χ0v) is 5.26. The van der Waals surface area contributed by atoms with Crippen molar-refractivity contribution >= 4 is 5.69 Å². The quantitative estimate of drug-likeness (QED) is 0.558. The van der Waals surface area contributed by atoms with E-state index in [9.17, 15) is 0 Å². The highest BCUT2D eigenvalue weighted by Gasteiger charge is 1.85. The van der Waals surface area contributed by atoms with E-state index in [1.807, 2.05) is 31.2 Å². The monoisotopic (exact) mass is 120 g/mol. The highest BCUT2D eigenvalue weighted by molar-refractivity contribution is 5.42. The van der Waals surface area contributed by atoms with Crippen LogP contribution in [0.2, 0.25) is 0 Å². The number of rotatable bonds is 1. The summed E-state index contributed by atoms with van der Waals surface area (Å²) in [6.45, 7) is 2.00. The maximum Gasteiger partial charge on any atom is 0.0520 e. The van der Waals surface area contributed by atoms with Crippen LogP contribution in [0.25, 0.3) is 0 Å². The lowest BCUT2D eigenvalue weighted by molar-refractivity contribution is 1.29. The molecule has 9 heavy (non-hydrogen) atoms. The molecule has 2 heteroatoms. The van der Waals surface area contributed by atoms with Crippen LogP contribution in [0.5, 0.6) is 0 Å². The topological polar surface area (TPSA) is 34.3 Å². The number of nitrogens with one attached hydrogen (secondary N) is 1. The Morgan fingerprint density at radius 1 is 1.22 bits per heavy atom. The molecular weight excluding hydrogens is 112 g/mol. The lowest BCUT2D eigenvalue weighted by atomic mass is 10.2. The van der Waals surface area contributed by atoms with Crippen LogP contribution in [0.4, 0.5) is 5.69 Å². The molecule has 1 N–H and O–H groups in total. The maximum atomic E-state index is 8.38. The first-order valence-electron chi connectivity index (χ1n) is 2.79. The van der Waals surface area contributed by atoms with E-state index in [4.69, 9.17) is 5.84 Å². The number of anilines is 1. The van der Waals surface area contributed by atoms with Crippen molar-refractivity contribution in [3.63, 3.8) is 0 Å². The Kier molecular flexibility index (Phi) is 1.70. The van der Waals surface area contributed by atoms with Gasteiger partial charge in [-0.15, -0.1) is 0 Å². The molecule has 0 spiro atoms. The fraction of sp³-hybridized carbons (Fsp3) is 0.143. The number of nitrogens with zero attached hydrogens (tertiary/aromatic N) is 1. The van der Waals surface area contributed by atoms with Gasteiger partial charge in [-0.25, -0.2) is 0 Å². The van der Waals surface area contributed by atoms with Gasteiger partial charge in [0.1, 0.15) is 0 Å². The zero-order chi connectivity index (χ0) is 6.69. The number of aryl methyl sites for hydroxylation is 1. The van der Waals surface area contributed by atoms with E-state index in [0.29, 0.717) is 0 Å². The molecule has 0 aliphatic heterocycles. The summed E-state index contributed by atoms with van der Waals surface area (Å²) < 4.78 is 0. The second-order valence-corrected chi connectivity index (χ2v) is 1.98. The van der Waals surface area contributed by atoms with E-state index in [-0.39, 0.29) is 0 Å². The van der Waals surface area contributed by atoms with Gasteiger partial charge in [0.25, 0.3) is 0 Å². The summed E-state index contributed by atoms with van der Waals surface area (Å²) in [6.07, 6.45) is 0. The third-order valence-electron chi connectivity index (χ3n) is 1.18. The standard InChI is InChI=1S/C7H8N2/c1-6-2-4-7(9-8)5-3-6/h2-5,9H,1H3. The third-order valence-corrected chi connectivity index (χ3v) is 1.18. The maximum absolute atomic E-state index is 8.38. The molecule has 0 aliphatic carbocycles. The van der Waals surface area contributed by atoms with E-state index in [1.54, 1.807) is 0 Å². The molecule has 1 aromatic rings. The molecule has 0 bridgehead atoms. The van der Waals surface area contributed by atoms with Crippen molar-refractivity contribution in [3.8, 4) is 0 Å². The third kappa shape index (κ3) is 1.44. The van der Waals surface area contributed by atoms with E-state index >= 15 is 0 Å². The molecule has 46 valence electrons. The molecule has 0 fully saturated rings. The van der Waals surface area contributed by atoms with Gasteiger partial charge >= 0.3 is 0 Å². The first kappa shape index (κ1) is 6.11. The normalized spacial score (nSPS) is 9.11. The summed E-state index contributed by atoms with van der Waals surface area (Å²) in [5.41, 5.74) is 3.97. The van der Waals surface area contributed by atoms with E-state index in [2.05, 4.69) is 5.43 Å². The van der Waals surface area contributed by atoms with Gasteiger partial charge in [-0.05, 0) is 24.9 Å². The second kappa shape index (κ2) is 2.51. The van der Waals surface area contributed by atoms with Gasteiger partial charge in [0.05, 0.1) is 5.69 Å². The van der Waals surface area contributed by atoms with Crippen molar-refractivity contribution in [2.45, 2.75) is 6.92 Å². The highest BCUT2D eigenvalue weighted by Crippen LogP contribution is 2.05. The predicted octanol–water partition coefficient (Wildman–Crippen LogP) is 1.39. The molecule has 0 aromatic heterocycles. The Bertz CT molecular complexity index is 179. The van der Waals surface area contributed by atoms with Crippen molar-refractivity contribution in [2.75, 3.05) is 5.43 Å². The van der Waals surface area contributed by atoms with Crippen LogP contribution >= 0.6 is 0 Å². The van der Waals surface area contributed by atoms with E-state index in [1.165, 1.54) is 5.56 Å². The Morgan fingerprint density at radius 3 is 2.22 bits per heavy atom. The summed E-state index contributed by atoms with van der Waals surface area (Å²) in [5.74, 6) is 8.38. The number of benzene rings is 1. The van der Waals surface area contributed by atoms with Gasteiger partial charge in [-0.2, -0.15) is 0 Å². The van der Waals surface area contributed by atoms with Crippen molar-refractivity contribution < 1.29 is 0 Å². The molecule has 0 atom stereocenters. The summed E-state index contributed by atoms with van der Waals surface area (Å²) in [6, 6.07) is 7.49. The first-order valence-corrected chi connectivity index (χ1v) is 2.79. The molecule has 2 radical (unpaired) electrons. The summed E-state index contributed by atoms with van der Waals surface area (Å²) in [7, 11) is 0. The fourth-order valence-electron chi connectivity index (χ4n) is 0.628. The van der Waals surface area contributed by atoms with Crippen molar-refractivity contribution in [1.82, 2.24) is 5.84 Å². The minimum Gasteiger partial charge on any atom is -0.286 e. The summed E-state index contributed by atoms with van der Waals surface area (Å²) in [5, 5.41) is 0. The van der Waals surface area contributed by atoms with E-state index < -0.39 is 0 Å². The Balaban J connectivity index is 2.88. The molecule has 0 saturated heterocycles. The van der Waals surface area contributed by atoms with Crippen LogP contribution in [0.1, 0.15) is 5.56 Å². The van der Waals surface area contributed by atoms with Crippen LogP contribution in [0.3, 0.4) is 0 Å². The molecule has 0 amide bonds. The molecule has 1 aromatic carbocycles. The summed E-state index contributed by atoms with van der Waals surface area (Å²) in [4.78, 5) is 0. The molecule has 0 heterocycles. The lowest BCUT2D eigenvalue weighted by Gasteiger charge is -1.95. The fourth-order valence-corrected chi connectivity index (χ4v) is 0.628. The molecule has 0 aliphatic rings. The van der Waals surface area contributed by atoms with Gasteiger partial charge in [0.2, 0.25) is 0 Å². The minimum atomic E-state index is 0.723.